The van der Waals surface area contributed by atoms with Gasteiger partial charge < -0.3 is 44.0 Å². The number of nitrogens with zero attached hydrogens (tertiary/aromatic N) is 3. The van der Waals surface area contributed by atoms with Crippen LogP contribution < -0.4 is 50.3 Å². The number of hydrogen-bond donors (Lipinski definition) is 10. The maximum Gasteiger partial charge on any atom is 0.290 e. The van der Waals surface area contributed by atoms with Crippen LogP contribution in [0.2, 0.25) is 5.02 Å². The van der Waals surface area contributed by atoms with E-state index in [2.05, 4.69) is 49.5 Å². The quantitative estimate of drug-likeness (QED) is 0.0195. The summed E-state index contributed by atoms with van der Waals surface area (Å²) >= 11 is 8.13. The number of amidine groups is 1. The Labute approximate surface area is 273 Å². The van der Waals surface area contributed by atoms with Crippen molar-refractivity contribution in [3.8, 4) is 0 Å². The second-order valence-corrected chi connectivity index (χ2v) is 10.9. The number of benzene rings is 2. The number of thiophene rings is 1. The molecule has 4 aromatic rings. The maximum atomic E-state index is 12.2. The number of nitrogens with one attached hydrogen (secondary N) is 4. The number of nitrogen functional groups attached to an aromatic ring is 3. The summed E-state index contributed by atoms with van der Waals surface area (Å²) in [6.07, 6.45) is 2.16. The first-order valence-electron chi connectivity index (χ1n) is 13.6. The number of rotatable bonds is 12. The lowest BCUT2D eigenvalue weighted by Crippen LogP contribution is -2.30. The zero-order valence-corrected chi connectivity index (χ0v) is 26.5. The van der Waals surface area contributed by atoms with Crippen molar-refractivity contribution in [3.63, 3.8) is 0 Å². The van der Waals surface area contributed by atoms with Crippen molar-refractivity contribution in [2.24, 2.45) is 16.7 Å². The standard InChI is InChI=1S/C14H14ClN5S.C13H21N7O2.CH2O2/c1-7-2-5-10(21-7)18-6-8-3-4-9-11(12(8)15)13(16)20-14(17)19-9;14-9-3-4-10(11(7-9)12(15)19-20-16)13(22)18-6-2-1-5-17-8-21;2-1-3/h2-5,18H,6H2,1H3,(H4,16,17,19,20);3-4,7-8,20H,1-2,5-6,14,16H2,(H2,15,19)(H,17,21)(H,18,22);1H,(H,2,3). The summed E-state index contributed by atoms with van der Waals surface area (Å²) in [5.74, 6) is 5.32. The van der Waals surface area contributed by atoms with E-state index >= 15 is 0 Å². The minimum absolute atomic E-state index is 0.0649. The van der Waals surface area contributed by atoms with Crippen LogP contribution in [0.3, 0.4) is 0 Å². The number of aryl methyl sites for hydroxylation is 1. The molecule has 15 N–H and O–H groups in total. The number of anilines is 4. The van der Waals surface area contributed by atoms with Crippen LogP contribution >= 0.6 is 22.9 Å². The molecule has 2 aromatic heterocycles. The zero-order chi connectivity index (χ0) is 34.1. The van der Waals surface area contributed by atoms with Crippen molar-refractivity contribution < 1.29 is 19.5 Å². The molecule has 2 amide bonds. The fraction of sp³-hybridized carbons (Fsp3) is 0.214. The van der Waals surface area contributed by atoms with Crippen LogP contribution in [-0.2, 0) is 16.1 Å². The van der Waals surface area contributed by atoms with Crippen LogP contribution in [0.1, 0.15) is 39.2 Å². The number of hydrogen-bond acceptors (Lipinski definition) is 13. The molecule has 0 atom stereocenters. The third kappa shape index (κ3) is 11.3. The van der Waals surface area contributed by atoms with Gasteiger partial charge in [0.25, 0.3) is 12.4 Å². The van der Waals surface area contributed by atoms with Gasteiger partial charge in [0.1, 0.15) is 5.82 Å². The van der Waals surface area contributed by atoms with Gasteiger partial charge in [-0.2, -0.15) is 4.98 Å². The van der Waals surface area contributed by atoms with Gasteiger partial charge in [0.2, 0.25) is 12.4 Å². The third-order valence-electron chi connectivity index (χ3n) is 5.99. The summed E-state index contributed by atoms with van der Waals surface area (Å²) < 4.78 is 0. The van der Waals surface area contributed by atoms with Gasteiger partial charge in [-0.25, -0.2) is 16.4 Å². The van der Waals surface area contributed by atoms with Crippen LogP contribution in [0.25, 0.3) is 10.9 Å². The van der Waals surface area contributed by atoms with E-state index < -0.39 is 0 Å². The van der Waals surface area contributed by atoms with Gasteiger partial charge in [-0.05, 0) is 61.7 Å². The summed E-state index contributed by atoms with van der Waals surface area (Å²) in [5, 5.41) is 21.5. The van der Waals surface area contributed by atoms with Gasteiger partial charge in [-0.1, -0.05) is 17.7 Å². The molecule has 0 unspecified atom stereocenters. The van der Waals surface area contributed by atoms with Crippen LogP contribution in [0.4, 0.5) is 22.5 Å². The normalized spacial score (nSPS) is 10.5. The smallest absolute Gasteiger partial charge is 0.290 e. The third-order valence-corrected chi connectivity index (χ3v) is 7.38. The lowest BCUT2D eigenvalue weighted by Gasteiger charge is -2.10. The first kappa shape index (κ1) is 36.8. The zero-order valence-electron chi connectivity index (χ0n) is 24.9. The number of hydrazine groups is 1. The fourth-order valence-corrected chi connectivity index (χ4v) is 5.02. The fourth-order valence-electron chi connectivity index (χ4n) is 3.93. The summed E-state index contributed by atoms with van der Waals surface area (Å²) in [7, 11) is 0. The number of carbonyl (C=O) groups excluding carboxylic acids is 2. The van der Waals surface area contributed by atoms with Gasteiger partial charge in [0.05, 0.1) is 26.5 Å². The number of hydrazone groups is 1. The SMILES string of the molecule is Cc1ccc(NCc2ccc3nc(N)nc(N)c3c2Cl)s1.NN/N=C(\N)c1cc(N)ccc1C(=O)NCCCCNC=O.O=CO. The predicted molar refractivity (Wildman–Crippen MR) is 183 cm³/mol. The lowest BCUT2D eigenvalue weighted by molar-refractivity contribution is -0.122. The van der Waals surface area contributed by atoms with E-state index in [1.807, 2.05) is 18.2 Å². The minimum Gasteiger partial charge on any atom is -0.483 e. The highest BCUT2D eigenvalue weighted by molar-refractivity contribution is 7.16. The first-order valence-corrected chi connectivity index (χ1v) is 14.8. The first-order chi connectivity index (χ1) is 22.1. The molecule has 0 spiro atoms. The van der Waals surface area contributed by atoms with Crippen LogP contribution in [-0.4, -0.2) is 52.8 Å². The summed E-state index contributed by atoms with van der Waals surface area (Å²) in [6, 6.07) is 12.6. The molecule has 0 bridgehead atoms. The topological polar surface area (TPSA) is 288 Å². The molecular weight excluding hydrogens is 636 g/mol. The average Bonchev–Trinajstić information content (AvgIpc) is 3.43. The number of fused-ring (bicyclic) bond motifs is 1. The molecule has 0 aliphatic rings. The van der Waals surface area contributed by atoms with Gasteiger partial charge in [-0.15, -0.1) is 16.4 Å². The molecule has 246 valence electrons. The molecule has 0 radical (unpaired) electrons. The predicted octanol–water partition coefficient (Wildman–Crippen LogP) is 1.74. The second kappa shape index (κ2) is 19.1. The molecule has 16 nitrogen and oxygen atoms in total. The highest BCUT2D eigenvalue weighted by atomic mass is 35.5. The molecule has 0 saturated heterocycles. The van der Waals surface area contributed by atoms with E-state index in [4.69, 9.17) is 50.3 Å². The highest BCUT2D eigenvalue weighted by Gasteiger charge is 2.14. The minimum atomic E-state index is -0.284. The Morgan fingerprint density at radius 1 is 1.04 bits per heavy atom. The number of halogens is 1. The molecule has 4 rings (SSSR count). The van der Waals surface area contributed by atoms with Gasteiger partial charge in [0, 0.05) is 35.8 Å². The largest absolute Gasteiger partial charge is 0.483 e. The van der Waals surface area contributed by atoms with Crippen molar-refractivity contribution in [1.29, 1.82) is 0 Å². The molecular formula is C28H37ClN12O4S. The Morgan fingerprint density at radius 2 is 1.76 bits per heavy atom. The van der Waals surface area contributed by atoms with Crippen molar-refractivity contribution in [3.05, 3.63) is 69.1 Å². The van der Waals surface area contributed by atoms with Crippen LogP contribution in [0.5, 0.6) is 0 Å². The monoisotopic (exact) mass is 672 g/mol. The van der Waals surface area contributed by atoms with Crippen molar-refractivity contribution in [2.45, 2.75) is 26.3 Å². The molecule has 0 aliphatic carbocycles. The summed E-state index contributed by atoms with van der Waals surface area (Å²) in [5.41, 5.74) is 27.8. The Morgan fingerprint density at radius 3 is 2.41 bits per heavy atom. The van der Waals surface area contributed by atoms with E-state index in [0.29, 0.717) is 64.6 Å². The van der Waals surface area contributed by atoms with E-state index in [-0.39, 0.29) is 24.2 Å². The van der Waals surface area contributed by atoms with E-state index in [9.17, 15) is 9.59 Å². The number of unbranched alkanes of at least 4 members (excludes halogenated alkanes) is 1. The Hall–Kier alpha value is -5.39. The highest BCUT2D eigenvalue weighted by Crippen LogP contribution is 2.31. The number of amides is 2. The molecule has 2 aromatic carbocycles. The molecule has 2 heterocycles. The number of nitrogens with two attached hydrogens (primary N) is 5. The number of carboxylic acid groups (broad SMARTS) is 1. The van der Waals surface area contributed by atoms with E-state index in [1.54, 1.807) is 29.5 Å². The summed E-state index contributed by atoms with van der Waals surface area (Å²) in [6.45, 7) is 3.49. The lowest BCUT2D eigenvalue weighted by atomic mass is 10.0. The van der Waals surface area contributed by atoms with E-state index in [0.717, 1.165) is 23.4 Å². The average molecular weight is 673 g/mol. The van der Waals surface area contributed by atoms with Crippen LogP contribution in [0, 0.1) is 6.92 Å². The molecule has 0 fully saturated rings. The van der Waals surface area contributed by atoms with E-state index in [1.165, 1.54) is 4.88 Å². The summed E-state index contributed by atoms with van der Waals surface area (Å²) in [4.78, 5) is 40.0. The molecule has 18 heteroatoms. The van der Waals surface area contributed by atoms with Gasteiger partial charge >= 0.3 is 0 Å². The molecule has 0 aliphatic heterocycles. The van der Waals surface area contributed by atoms with Gasteiger partial charge in [0.15, 0.2) is 5.84 Å². The Balaban J connectivity index is 0.000000295. The van der Waals surface area contributed by atoms with Crippen molar-refractivity contribution >= 4 is 80.9 Å². The Kier molecular flexibility index (Phi) is 15.3. The van der Waals surface area contributed by atoms with Gasteiger partial charge in [-0.3, -0.25) is 14.4 Å². The molecule has 0 saturated carbocycles. The van der Waals surface area contributed by atoms with Crippen molar-refractivity contribution in [1.82, 2.24) is 26.1 Å². The second-order valence-electron chi connectivity index (χ2n) is 9.24. The van der Waals surface area contributed by atoms with Crippen LogP contribution in [0.15, 0.2) is 47.6 Å². The maximum absolute atomic E-state index is 12.2. The van der Waals surface area contributed by atoms with Crippen molar-refractivity contribution in [2.75, 3.05) is 35.6 Å². The number of aromatic nitrogens is 2. The number of carbonyl (C=O) groups is 3. The Bertz CT molecular complexity index is 1650. The molecule has 46 heavy (non-hydrogen) atoms.